The van der Waals surface area contributed by atoms with Gasteiger partial charge in [-0.25, -0.2) is 4.98 Å². The molecular formula is C14H9ClF3N3O2S. The van der Waals surface area contributed by atoms with Gasteiger partial charge >= 0.3 is 6.18 Å². The number of hydrogen-bond donors (Lipinski definition) is 0. The van der Waals surface area contributed by atoms with Gasteiger partial charge in [-0.1, -0.05) is 11.6 Å². The van der Waals surface area contributed by atoms with Crippen molar-refractivity contribution in [2.75, 3.05) is 0 Å². The number of thiazole rings is 1. The molecule has 0 fully saturated rings. The highest BCUT2D eigenvalue weighted by atomic mass is 35.5. The number of aromatic nitrogens is 2. The number of aryl methyl sites for hydroxylation is 1. The monoisotopic (exact) mass is 375 g/mol. The second-order valence-corrected chi connectivity index (χ2v) is 6.16. The van der Waals surface area contributed by atoms with Gasteiger partial charge in [0.1, 0.15) is 10.0 Å². The van der Waals surface area contributed by atoms with Crippen molar-refractivity contribution in [3.8, 4) is 6.07 Å². The third kappa shape index (κ3) is 3.83. The lowest BCUT2D eigenvalue weighted by molar-refractivity contribution is -0.138. The Bertz CT molecular complexity index is 883. The van der Waals surface area contributed by atoms with Gasteiger partial charge in [0.05, 0.1) is 18.2 Å². The quantitative estimate of drug-likeness (QED) is 0.822. The van der Waals surface area contributed by atoms with E-state index in [2.05, 4.69) is 4.98 Å². The number of Topliss-reactive ketones (excluding diaryl/α,β-unsaturated/α-hetero) is 1. The number of carbonyl (C=O) groups excluding carboxylic acids is 1. The van der Waals surface area contributed by atoms with Gasteiger partial charge in [0.25, 0.3) is 5.56 Å². The van der Waals surface area contributed by atoms with Gasteiger partial charge in [0.2, 0.25) is 0 Å². The number of nitrogens with zero attached hydrogens (tertiary/aromatic N) is 3. The maximum Gasteiger partial charge on any atom is 0.417 e. The lowest BCUT2D eigenvalue weighted by Gasteiger charge is -2.12. The molecule has 0 unspecified atom stereocenters. The van der Waals surface area contributed by atoms with Gasteiger partial charge < -0.3 is 4.57 Å². The summed E-state index contributed by atoms with van der Waals surface area (Å²) in [5.74, 6) is -2.01. The maximum absolute atomic E-state index is 12.8. The third-order valence-electron chi connectivity index (χ3n) is 3.03. The number of ketones is 1. The average Bonchev–Trinajstić information content (AvgIpc) is 2.89. The van der Waals surface area contributed by atoms with E-state index in [0.717, 1.165) is 11.3 Å². The number of hydrogen-bond acceptors (Lipinski definition) is 5. The zero-order chi connectivity index (χ0) is 18.1. The van der Waals surface area contributed by atoms with E-state index in [0.29, 0.717) is 22.5 Å². The first kappa shape index (κ1) is 18.2. The van der Waals surface area contributed by atoms with Crippen LogP contribution in [0.3, 0.4) is 0 Å². The summed E-state index contributed by atoms with van der Waals surface area (Å²) in [6.07, 6.45) is -4.21. The van der Waals surface area contributed by atoms with E-state index < -0.39 is 40.6 Å². The molecule has 0 saturated heterocycles. The van der Waals surface area contributed by atoms with E-state index in [1.54, 1.807) is 18.4 Å². The first-order valence-corrected chi connectivity index (χ1v) is 7.70. The van der Waals surface area contributed by atoms with E-state index in [9.17, 15) is 22.8 Å². The first-order valence-electron chi connectivity index (χ1n) is 6.45. The van der Waals surface area contributed by atoms with Crippen molar-refractivity contribution in [3.63, 3.8) is 0 Å². The molecule has 2 rings (SSSR count). The van der Waals surface area contributed by atoms with Crippen molar-refractivity contribution in [1.29, 1.82) is 5.26 Å². The van der Waals surface area contributed by atoms with Crippen LogP contribution >= 0.6 is 22.9 Å². The molecule has 2 aromatic rings. The van der Waals surface area contributed by atoms with Gasteiger partial charge in [-0.3, -0.25) is 9.59 Å². The van der Waals surface area contributed by atoms with Crippen molar-refractivity contribution < 1.29 is 18.0 Å². The molecule has 5 nitrogen and oxygen atoms in total. The molecule has 0 N–H and O–H groups in total. The van der Waals surface area contributed by atoms with Gasteiger partial charge in [0, 0.05) is 17.3 Å². The van der Waals surface area contributed by atoms with E-state index in [1.807, 2.05) is 0 Å². The normalized spacial score (nSPS) is 12.7. The molecule has 0 saturated carbocycles. The van der Waals surface area contributed by atoms with E-state index in [1.165, 1.54) is 0 Å². The van der Waals surface area contributed by atoms with Crippen LogP contribution in [-0.4, -0.2) is 15.3 Å². The molecule has 10 heteroatoms. The Morgan fingerprint density at radius 1 is 1.54 bits per heavy atom. The molecule has 0 radical (unpaired) electrons. The van der Waals surface area contributed by atoms with Gasteiger partial charge in [-0.05, 0) is 13.0 Å². The molecule has 2 heterocycles. The summed E-state index contributed by atoms with van der Waals surface area (Å²) >= 11 is 6.61. The molecular weight excluding hydrogens is 367 g/mol. The summed E-state index contributed by atoms with van der Waals surface area (Å²) in [5, 5.41) is 10.4. The van der Waals surface area contributed by atoms with Crippen LogP contribution < -0.4 is 5.56 Å². The molecule has 0 bridgehead atoms. The first-order chi connectivity index (χ1) is 11.1. The Labute approximate surface area is 142 Å². The standard InChI is InChI=1S/C14H9ClF3N3O2S/c1-7-6-24-12(20-7)9(3-19)11(22)5-21-4-8(14(16,17)18)2-10(15)13(21)23/h2,4,6,9H,5H2,1H3/t9-/m0/s1. The molecule has 0 aliphatic heterocycles. The van der Waals surface area contributed by atoms with Crippen molar-refractivity contribution in [2.45, 2.75) is 25.6 Å². The molecule has 0 aliphatic carbocycles. The van der Waals surface area contributed by atoms with E-state index >= 15 is 0 Å². The van der Waals surface area contributed by atoms with E-state index in [4.69, 9.17) is 16.9 Å². The number of carbonyl (C=O) groups is 1. The second-order valence-electron chi connectivity index (χ2n) is 4.86. The molecule has 0 spiro atoms. The minimum absolute atomic E-state index is 0.228. The number of nitriles is 1. The smallest absolute Gasteiger partial charge is 0.306 e. The highest BCUT2D eigenvalue weighted by molar-refractivity contribution is 7.09. The van der Waals surface area contributed by atoms with Crippen LogP contribution in [0.15, 0.2) is 22.4 Å². The molecule has 0 aliphatic rings. The topological polar surface area (TPSA) is 75.8 Å². The largest absolute Gasteiger partial charge is 0.417 e. The van der Waals surface area contributed by atoms with Crippen LogP contribution in [0, 0.1) is 18.3 Å². The minimum atomic E-state index is -4.72. The summed E-state index contributed by atoms with van der Waals surface area (Å²) in [4.78, 5) is 28.1. The summed E-state index contributed by atoms with van der Waals surface area (Å²) in [5.41, 5.74) is -1.48. The van der Waals surface area contributed by atoms with Crippen molar-refractivity contribution in [2.24, 2.45) is 0 Å². The maximum atomic E-state index is 12.8. The van der Waals surface area contributed by atoms with Crippen LogP contribution in [0.25, 0.3) is 0 Å². The molecule has 2 aromatic heterocycles. The Kier molecular flexibility index (Phi) is 5.11. The predicted molar refractivity (Wildman–Crippen MR) is 80.9 cm³/mol. The fourth-order valence-electron chi connectivity index (χ4n) is 1.90. The Morgan fingerprint density at radius 2 is 2.21 bits per heavy atom. The fraction of sp³-hybridized carbons (Fsp3) is 0.286. The summed E-state index contributed by atoms with van der Waals surface area (Å²) in [6.45, 7) is 0.968. The molecule has 1 atom stereocenters. The van der Waals surface area contributed by atoms with Gasteiger partial charge in [0.15, 0.2) is 11.7 Å². The van der Waals surface area contributed by atoms with Crippen molar-refractivity contribution >= 4 is 28.7 Å². The second kappa shape index (κ2) is 6.75. The fourth-order valence-corrected chi connectivity index (χ4v) is 2.99. The zero-order valence-electron chi connectivity index (χ0n) is 12.1. The Hall–Kier alpha value is -2.18. The summed E-state index contributed by atoms with van der Waals surface area (Å²) < 4.78 is 38.9. The van der Waals surface area contributed by atoms with Crippen LogP contribution in [-0.2, 0) is 17.5 Å². The average molecular weight is 376 g/mol. The van der Waals surface area contributed by atoms with Crippen molar-refractivity contribution in [3.05, 3.63) is 49.3 Å². The van der Waals surface area contributed by atoms with Crippen molar-refractivity contribution in [1.82, 2.24) is 9.55 Å². The van der Waals surface area contributed by atoms with E-state index in [-0.39, 0.29) is 5.01 Å². The molecule has 0 amide bonds. The van der Waals surface area contributed by atoms with Crippen LogP contribution in [0.4, 0.5) is 13.2 Å². The SMILES string of the molecule is Cc1csc([C@@H](C#N)C(=O)Cn2cc(C(F)(F)F)cc(Cl)c2=O)n1. The summed E-state index contributed by atoms with van der Waals surface area (Å²) in [7, 11) is 0. The lowest BCUT2D eigenvalue weighted by Crippen LogP contribution is -2.28. The molecule has 24 heavy (non-hydrogen) atoms. The highest BCUT2D eigenvalue weighted by Crippen LogP contribution is 2.30. The highest BCUT2D eigenvalue weighted by Gasteiger charge is 2.32. The third-order valence-corrected chi connectivity index (χ3v) is 4.33. The van der Waals surface area contributed by atoms with Gasteiger partial charge in [-0.15, -0.1) is 11.3 Å². The number of rotatable bonds is 4. The number of alkyl halides is 3. The Morgan fingerprint density at radius 3 is 2.71 bits per heavy atom. The molecule has 0 aromatic carbocycles. The van der Waals surface area contributed by atoms with Crippen LogP contribution in [0.1, 0.15) is 22.2 Å². The number of halogens is 4. The minimum Gasteiger partial charge on any atom is -0.306 e. The Balaban J connectivity index is 2.36. The van der Waals surface area contributed by atoms with Crippen LogP contribution in [0.5, 0.6) is 0 Å². The molecule has 126 valence electrons. The predicted octanol–water partition coefficient (Wildman–Crippen LogP) is 3.16. The lowest BCUT2D eigenvalue weighted by atomic mass is 10.1. The zero-order valence-corrected chi connectivity index (χ0v) is 13.7. The number of pyridine rings is 1. The van der Waals surface area contributed by atoms with Gasteiger partial charge in [-0.2, -0.15) is 18.4 Å². The summed E-state index contributed by atoms with van der Waals surface area (Å²) in [6, 6.07) is 2.26. The van der Waals surface area contributed by atoms with Crippen LogP contribution in [0.2, 0.25) is 5.02 Å².